The van der Waals surface area contributed by atoms with Crippen LogP contribution < -0.4 is 10.9 Å². The number of thiophene rings is 1. The summed E-state index contributed by atoms with van der Waals surface area (Å²) < 4.78 is 1.99. The van der Waals surface area contributed by atoms with E-state index in [4.69, 9.17) is 0 Å². The topological polar surface area (TPSA) is 64.0 Å². The highest BCUT2D eigenvalue weighted by atomic mass is 32.1. The zero-order valence-electron chi connectivity index (χ0n) is 7.90. The van der Waals surface area contributed by atoms with Gasteiger partial charge in [-0.2, -0.15) is 0 Å². The smallest absolute Gasteiger partial charge is 0.273 e. The van der Waals surface area contributed by atoms with Crippen LogP contribution in [0.25, 0.3) is 10.2 Å². The van der Waals surface area contributed by atoms with E-state index < -0.39 is 0 Å². The zero-order chi connectivity index (χ0) is 10.6. The predicted molar refractivity (Wildman–Crippen MR) is 57.2 cm³/mol. The number of nitrogens with zero attached hydrogens (tertiary/aromatic N) is 2. The van der Waals surface area contributed by atoms with Gasteiger partial charge in [0.05, 0.1) is 5.52 Å². The largest absolute Gasteiger partial charge is 0.294 e. The molecule has 0 aromatic carbocycles. The molecule has 0 saturated carbocycles. The highest BCUT2D eigenvalue weighted by Crippen LogP contribution is 2.23. The molecule has 0 fully saturated rings. The van der Waals surface area contributed by atoms with Crippen LogP contribution in [0, 0.1) is 6.92 Å². The van der Waals surface area contributed by atoms with Crippen molar-refractivity contribution >= 4 is 33.4 Å². The van der Waals surface area contributed by atoms with Gasteiger partial charge in [-0.15, -0.1) is 11.3 Å². The van der Waals surface area contributed by atoms with E-state index in [-0.39, 0.29) is 18.0 Å². The second-order valence-corrected chi connectivity index (χ2v) is 4.35. The Morgan fingerprint density at radius 2 is 2.33 bits per heavy atom. The molecule has 0 radical (unpaired) electrons. The van der Waals surface area contributed by atoms with Crippen LogP contribution in [-0.4, -0.2) is 15.5 Å². The summed E-state index contributed by atoms with van der Waals surface area (Å²) >= 11 is 1.37. The third kappa shape index (κ3) is 1.05. The van der Waals surface area contributed by atoms with Crippen LogP contribution in [0.15, 0.2) is 10.2 Å². The number of amides is 1. The average molecular weight is 221 g/mol. The molecule has 1 N–H and O–H groups in total. The van der Waals surface area contributed by atoms with Crippen molar-refractivity contribution in [2.24, 2.45) is 0 Å². The van der Waals surface area contributed by atoms with E-state index in [0.29, 0.717) is 16.2 Å². The van der Waals surface area contributed by atoms with Crippen molar-refractivity contribution in [2.45, 2.75) is 13.5 Å². The Kier molecular flexibility index (Phi) is 1.53. The number of hydrogen-bond donors (Lipinski definition) is 1. The van der Waals surface area contributed by atoms with E-state index in [9.17, 15) is 9.59 Å². The van der Waals surface area contributed by atoms with Crippen LogP contribution in [0.3, 0.4) is 0 Å². The first-order valence-electron chi connectivity index (χ1n) is 4.45. The number of rotatable bonds is 0. The quantitative estimate of drug-likeness (QED) is 0.712. The van der Waals surface area contributed by atoms with Gasteiger partial charge in [-0.05, 0) is 17.9 Å². The third-order valence-electron chi connectivity index (χ3n) is 2.41. The van der Waals surface area contributed by atoms with Crippen LogP contribution in [0.4, 0.5) is 5.95 Å². The van der Waals surface area contributed by atoms with E-state index in [1.807, 2.05) is 12.3 Å². The Morgan fingerprint density at radius 3 is 3.13 bits per heavy atom. The van der Waals surface area contributed by atoms with Crippen LogP contribution in [0.2, 0.25) is 0 Å². The molecule has 3 rings (SSSR count). The van der Waals surface area contributed by atoms with Gasteiger partial charge >= 0.3 is 0 Å². The number of aryl methyl sites for hydroxylation is 1. The summed E-state index contributed by atoms with van der Waals surface area (Å²) in [6.45, 7) is 1.98. The minimum atomic E-state index is -0.185. The lowest BCUT2D eigenvalue weighted by atomic mass is 10.3. The fourth-order valence-corrected chi connectivity index (χ4v) is 2.60. The molecule has 2 aromatic rings. The molecule has 1 aliphatic heterocycles. The fraction of sp³-hybridized carbons (Fsp3) is 0.222. The molecule has 3 heterocycles. The SMILES string of the molecule is Cc1csc2c(=O)n3c(nc12)NC(=O)C3. The maximum absolute atomic E-state index is 11.9. The summed E-state index contributed by atoms with van der Waals surface area (Å²) in [6.07, 6.45) is 0. The second-order valence-electron chi connectivity index (χ2n) is 3.47. The molecule has 0 unspecified atom stereocenters. The van der Waals surface area contributed by atoms with Crippen molar-refractivity contribution < 1.29 is 4.79 Å². The lowest BCUT2D eigenvalue weighted by Crippen LogP contribution is -2.18. The van der Waals surface area contributed by atoms with Gasteiger partial charge in [-0.1, -0.05) is 0 Å². The molecule has 5 nitrogen and oxygen atoms in total. The molecule has 76 valence electrons. The summed E-state index contributed by atoms with van der Waals surface area (Å²) in [5, 5.41) is 4.46. The normalized spacial score (nSPS) is 14.3. The Labute approximate surface area is 88.4 Å². The number of anilines is 1. The van der Waals surface area contributed by atoms with Crippen molar-refractivity contribution in [2.75, 3.05) is 5.32 Å². The van der Waals surface area contributed by atoms with Crippen LogP contribution in [-0.2, 0) is 11.3 Å². The molecular weight excluding hydrogens is 214 g/mol. The average Bonchev–Trinajstić information content (AvgIpc) is 2.72. The molecule has 0 aliphatic carbocycles. The summed E-state index contributed by atoms with van der Waals surface area (Å²) in [4.78, 5) is 27.3. The first-order chi connectivity index (χ1) is 7.16. The molecule has 0 spiro atoms. The van der Waals surface area contributed by atoms with E-state index in [1.54, 1.807) is 0 Å². The van der Waals surface area contributed by atoms with Gasteiger partial charge in [0.2, 0.25) is 11.9 Å². The minimum absolute atomic E-state index is 0.0774. The van der Waals surface area contributed by atoms with Gasteiger partial charge in [-0.25, -0.2) is 4.98 Å². The number of fused-ring (bicyclic) bond motifs is 2. The van der Waals surface area contributed by atoms with Crippen molar-refractivity contribution in [3.05, 3.63) is 21.3 Å². The molecule has 1 amide bonds. The molecule has 15 heavy (non-hydrogen) atoms. The van der Waals surface area contributed by atoms with Gasteiger partial charge in [0.15, 0.2) is 0 Å². The number of carbonyl (C=O) groups excluding carboxylic acids is 1. The number of carbonyl (C=O) groups is 1. The van der Waals surface area contributed by atoms with Gasteiger partial charge in [0.25, 0.3) is 5.56 Å². The molecule has 1 aliphatic rings. The minimum Gasteiger partial charge on any atom is -0.294 e. The van der Waals surface area contributed by atoms with Crippen LogP contribution >= 0.6 is 11.3 Å². The lowest BCUT2D eigenvalue weighted by molar-refractivity contribution is -0.115. The standard InChI is InChI=1S/C9H7N3O2S/c1-4-3-15-7-6(4)11-9-10-5(13)2-12(9)8(7)14/h3H,2H2,1H3,(H,10,11,13). The zero-order valence-corrected chi connectivity index (χ0v) is 8.72. The molecule has 2 aromatic heterocycles. The Balaban J connectivity index is 2.46. The van der Waals surface area contributed by atoms with Crippen LogP contribution in [0.5, 0.6) is 0 Å². The Morgan fingerprint density at radius 1 is 1.53 bits per heavy atom. The first-order valence-corrected chi connectivity index (χ1v) is 5.33. The number of hydrogen-bond acceptors (Lipinski definition) is 4. The molecule has 0 saturated heterocycles. The highest BCUT2D eigenvalue weighted by Gasteiger charge is 2.22. The van der Waals surface area contributed by atoms with Gasteiger partial charge in [-0.3, -0.25) is 19.5 Å². The monoisotopic (exact) mass is 221 g/mol. The Hall–Kier alpha value is -1.69. The molecular formula is C9H7N3O2S. The second kappa shape index (κ2) is 2.66. The van der Waals surface area contributed by atoms with E-state index in [2.05, 4.69) is 10.3 Å². The van der Waals surface area contributed by atoms with E-state index in [1.165, 1.54) is 15.9 Å². The molecule has 0 atom stereocenters. The summed E-state index contributed by atoms with van der Waals surface area (Å²) in [7, 11) is 0. The lowest BCUT2D eigenvalue weighted by Gasteiger charge is -1.99. The summed E-state index contributed by atoms with van der Waals surface area (Å²) in [5.41, 5.74) is 1.53. The van der Waals surface area contributed by atoms with Gasteiger partial charge in [0, 0.05) is 0 Å². The highest BCUT2D eigenvalue weighted by molar-refractivity contribution is 7.17. The molecule has 0 bridgehead atoms. The van der Waals surface area contributed by atoms with E-state index >= 15 is 0 Å². The van der Waals surface area contributed by atoms with E-state index in [0.717, 1.165) is 5.56 Å². The van der Waals surface area contributed by atoms with Crippen LogP contribution in [0.1, 0.15) is 5.56 Å². The van der Waals surface area contributed by atoms with Crippen molar-refractivity contribution in [1.82, 2.24) is 9.55 Å². The van der Waals surface area contributed by atoms with Crippen molar-refractivity contribution in [3.8, 4) is 0 Å². The third-order valence-corrected chi connectivity index (χ3v) is 3.48. The Bertz CT molecular complexity index is 641. The van der Waals surface area contributed by atoms with Gasteiger partial charge < -0.3 is 0 Å². The van der Waals surface area contributed by atoms with Gasteiger partial charge in [0.1, 0.15) is 11.2 Å². The number of nitrogens with one attached hydrogen (secondary N) is 1. The predicted octanol–water partition coefficient (Wildman–Crippen LogP) is 0.719. The maximum atomic E-state index is 11.9. The maximum Gasteiger partial charge on any atom is 0.273 e. The van der Waals surface area contributed by atoms with Crippen molar-refractivity contribution in [3.63, 3.8) is 0 Å². The fourth-order valence-electron chi connectivity index (χ4n) is 1.66. The summed E-state index contributed by atoms with van der Waals surface area (Å²) in [6, 6.07) is 0. The summed E-state index contributed by atoms with van der Waals surface area (Å²) in [5.74, 6) is 0.175. The molecule has 6 heteroatoms. The number of aromatic nitrogens is 2. The first kappa shape index (κ1) is 8.60. The van der Waals surface area contributed by atoms with Crippen molar-refractivity contribution in [1.29, 1.82) is 0 Å².